The molecule has 0 atom stereocenters. The Hall–Kier alpha value is -2.37. The monoisotopic (exact) mass is 286 g/mol. The van der Waals surface area contributed by atoms with Crippen LogP contribution in [0.15, 0.2) is 30.9 Å². The zero-order chi connectivity index (χ0) is 14.5. The molecule has 1 aliphatic rings. The predicted octanol–water partition coefficient (Wildman–Crippen LogP) is 1.57. The van der Waals surface area contributed by atoms with Crippen LogP contribution in [0.4, 0.5) is 0 Å². The summed E-state index contributed by atoms with van der Waals surface area (Å²) < 4.78 is 5.58. The quantitative estimate of drug-likeness (QED) is 0.809. The van der Waals surface area contributed by atoms with Crippen LogP contribution in [0.1, 0.15) is 28.9 Å². The summed E-state index contributed by atoms with van der Waals surface area (Å²) in [6.07, 6.45) is 8.17. The Morgan fingerprint density at radius 2 is 2.38 bits per heavy atom. The van der Waals surface area contributed by atoms with Crippen LogP contribution in [-0.2, 0) is 6.42 Å². The molecule has 2 aromatic heterocycles. The molecule has 1 saturated carbocycles. The van der Waals surface area contributed by atoms with Crippen molar-refractivity contribution in [3.63, 3.8) is 0 Å². The van der Waals surface area contributed by atoms with Gasteiger partial charge in [-0.3, -0.25) is 4.79 Å². The number of rotatable bonds is 7. The molecule has 110 valence electrons. The maximum atomic E-state index is 12.1. The molecule has 21 heavy (non-hydrogen) atoms. The van der Waals surface area contributed by atoms with Gasteiger partial charge in [0.1, 0.15) is 0 Å². The molecule has 2 N–H and O–H groups in total. The number of hydrogen-bond donors (Lipinski definition) is 2. The van der Waals surface area contributed by atoms with Crippen molar-refractivity contribution in [3.8, 4) is 5.88 Å². The first-order chi connectivity index (χ1) is 10.3. The standard InChI is InChI=1S/C15H18N4O2/c20-15(18-6-4-13-8-16-10-19-13)12-3-5-17-14(7-12)21-9-11-1-2-11/h3,5,7-8,10-11H,1-2,4,6,9H2,(H,16,19)(H,18,20). The van der Waals surface area contributed by atoms with Crippen molar-refractivity contribution < 1.29 is 9.53 Å². The van der Waals surface area contributed by atoms with E-state index in [1.807, 2.05) is 0 Å². The van der Waals surface area contributed by atoms with Gasteiger partial charge >= 0.3 is 0 Å². The van der Waals surface area contributed by atoms with Gasteiger partial charge in [0, 0.05) is 42.7 Å². The first-order valence-electron chi connectivity index (χ1n) is 7.15. The molecule has 2 heterocycles. The summed E-state index contributed by atoms with van der Waals surface area (Å²) in [4.78, 5) is 23.1. The highest BCUT2D eigenvalue weighted by Gasteiger charge is 2.22. The molecule has 1 amide bonds. The number of carbonyl (C=O) groups is 1. The molecule has 3 rings (SSSR count). The van der Waals surface area contributed by atoms with Crippen molar-refractivity contribution in [2.75, 3.05) is 13.2 Å². The maximum Gasteiger partial charge on any atom is 0.251 e. The van der Waals surface area contributed by atoms with E-state index in [1.54, 1.807) is 30.9 Å². The van der Waals surface area contributed by atoms with E-state index >= 15 is 0 Å². The van der Waals surface area contributed by atoms with Crippen LogP contribution >= 0.6 is 0 Å². The number of nitrogens with zero attached hydrogens (tertiary/aromatic N) is 2. The minimum atomic E-state index is -0.117. The van der Waals surface area contributed by atoms with Crippen molar-refractivity contribution in [2.45, 2.75) is 19.3 Å². The van der Waals surface area contributed by atoms with Crippen molar-refractivity contribution in [1.82, 2.24) is 20.3 Å². The first-order valence-corrected chi connectivity index (χ1v) is 7.15. The number of carbonyl (C=O) groups excluding carboxylic acids is 1. The lowest BCUT2D eigenvalue weighted by Gasteiger charge is -2.07. The van der Waals surface area contributed by atoms with Crippen molar-refractivity contribution in [2.24, 2.45) is 5.92 Å². The fraction of sp³-hybridized carbons (Fsp3) is 0.400. The van der Waals surface area contributed by atoms with E-state index < -0.39 is 0 Å². The third kappa shape index (κ3) is 4.05. The zero-order valence-electron chi connectivity index (χ0n) is 11.7. The molecule has 0 unspecified atom stereocenters. The molecule has 6 nitrogen and oxygen atoms in total. The molecule has 0 aliphatic heterocycles. The third-order valence-electron chi connectivity index (χ3n) is 3.40. The van der Waals surface area contributed by atoms with Crippen LogP contribution in [0.3, 0.4) is 0 Å². The number of amides is 1. The molecule has 0 radical (unpaired) electrons. The number of pyridine rings is 1. The van der Waals surface area contributed by atoms with Crippen molar-refractivity contribution in [3.05, 3.63) is 42.1 Å². The lowest BCUT2D eigenvalue weighted by Crippen LogP contribution is -2.25. The van der Waals surface area contributed by atoms with Gasteiger partial charge in [0.25, 0.3) is 5.91 Å². The lowest BCUT2D eigenvalue weighted by molar-refractivity contribution is 0.0953. The average Bonchev–Trinajstić information content (AvgIpc) is 3.20. The number of aromatic nitrogens is 3. The van der Waals surface area contributed by atoms with Crippen LogP contribution in [0, 0.1) is 5.92 Å². The Morgan fingerprint density at radius 3 is 3.14 bits per heavy atom. The molecule has 0 saturated heterocycles. The molecule has 0 spiro atoms. The summed E-state index contributed by atoms with van der Waals surface area (Å²) in [5.74, 6) is 1.06. The summed E-state index contributed by atoms with van der Waals surface area (Å²) in [5, 5.41) is 2.87. The molecule has 1 aliphatic carbocycles. The van der Waals surface area contributed by atoms with Gasteiger partial charge in [-0.25, -0.2) is 9.97 Å². The first kappa shape index (κ1) is 13.6. The Balaban J connectivity index is 1.49. The smallest absolute Gasteiger partial charge is 0.251 e. The predicted molar refractivity (Wildman–Crippen MR) is 77.1 cm³/mol. The van der Waals surface area contributed by atoms with Gasteiger partial charge < -0.3 is 15.0 Å². The van der Waals surface area contributed by atoms with Crippen LogP contribution in [0.2, 0.25) is 0 Å². The van der Waals surface area contributed by atoms with Crippen molar-refractivity contribution >= 4 is 5.91 Å². The Morgan fingerprint density at radius 1 is 1.48 bits per heavy atom. The van der Waals surface area contributed by atoms with Gasteiger partial charge in [-0.2, -0.15) is 0 Å². The molecular weight excluding hydrogens is 268 g/mol. The van der Waals surface area contributed by atoms with E-state index in [1.165, 1.54) is 12.8 Å². The van der Waals surface area contributed by atoms with E-state index in [4.69, 9.17) is 4.74 Å². The van der Waals surface area contributed by atoms with Crippen molar-refractivity contribution in [1.29, 1.82) is 0 Å². The Labute approximate surface area is 123 Å². The van der Waals surface area contributed by atoms with E-state index in [0.29, 0.717) is 30.5 Å². The molecule has 6 heteroatoms. The van der Waals surface area contributed by atoms with Gasteiger partial charge in [-0.15, -0.1) is 0 Å². The van der Waals surface area contributed by atoms with Gasteiger partial charge in [0.05, 0.1) is 12.9 Å². The number of imidazole rings is 1. The lowest BCUT2D eigenvalue weighted by atomic mass is 10.2. The largest absolute Gasteiger partial charge is 0.477 e. The highest BCUT2D eigenvalue weighted by molar-refractivity contribution is 5.94. The summed E-state index contributed by atoms with van der Waals surface area (Å²) in [7, 11) is 0. The molecule has 0 bridgehead atoms. The van der Waals surface area contributed by atoms with Crippen LogP contribution in [-0.4, -0.2) is 34.0 Å². The van der Waals surface area contributed by atoms with E-state index in [2.05, 4.69) is 20.3 Å². The second-order valence-corrected chi connectivity index (χ2v) is 5.22. The number of nitrogens with one attached hydrogen (secondary N) is 2. The highest BCUT2D eigenvalue weighted by atomic mass is 16.5. The van der Waals surface area contributed by atoms with E-state index in [9.17, 15) is 4.79 Å². The molecule has 2 aromatic rings. The number of H-pyrrole nitrogens is 1. The number of ether oxygens (including phenoxy) is 1. The highest BCUT2D eigenvalue weighted by Crippen LogP contribution is 2.29. The summed E-state index contributed by atoms with van der Waals surface area (Å²) in [5.41, 5.74) is 1.57. The van der Waals surface area contributed by atoms with Crippen LogP contribution < -0.4 is 10.1 Å². The second kappa shape index (κ2) is 6.39. The van der Waals surface area contributed by atoms with Crippen LogP contribution in [0.5, 0.6) is 5.88 Å². The van der Waals surface area contributed by atoms with Gasteiger partial charge in [0.2, 0.25) is 5.88 Å². The summed E-state index contributed by atoms with van der Waals surface area (Å²) >= 11 is 0. The van der Waals surface area contributed by atoms with Gasteiger partial charge in [0.15, 0.2) is 0 Å². The third-order valence-corrected chi connectivity index (χ3v) is 3.40. The van der Waals surface area contributed by atoms with E-state index in [0.717, 1.165) is 12.1 Å². The van der Waals surface area contributed by atoms with Crippen LogP contribution in [0.25, 0.3) is 0 Å². The fourth-order valence-corrected chi connectivity index (χ4v) is 1.95. The summed E-state index contributed by atoms with van der Waals surface area (Å²) in [6, 6.07) is 3.38. The average molecular weight is 286 g/mol. The number of aromatic amines is 1. The molecular formula is C15H18N4O2. The molecule has 1 fully saturated rings. The summed E-state index contributed by atoms with van der Waals surface area (Å²) in [6.45, 7) is 1.25. The minimum absolute atomic E-state index is 0.117. The van der Waals surface area contributed by atoms with Gasteiger partial charge in [-0.1, -0.05) is 0 Å². The normalized spacial score (nSPS) is 13.9. The Kier molecular flexibility index (Phi) is 4.14. The topological polar surface area (TPSA) is 79.9 Å². The fourth-order valence-electron chi connectivity index (χ4n) is 1.95. The number of hydrogen-bond acceptors (Lipinski definition) is 4. The Bertz CT molecular complexity index is 593. The van der Waals surface area contributed by atoms with E-state index in [-0.39, 0.29) is 5.91 Å². The maximum absolute atomic E-state index is 12.1. The molecule has 0 aromatic carbocycles. The van der Waals surface area contributed by atoms with Gasteiger partial charge in [-0.05, 0) is 24.8 Å². The zero-order valence-corrected chi connectivity index (χ0v) is 11.7. The SMILES string of the molecule is O=C(NCCc1cnc[nH]1)c1ccnc(OCC2CC2)c1. The minimum Gasteiger partial charge on any atom is -0.477 e. The second-order valence-electron chi connectivity index (χ2n) is 5.22.